The number of methoxy groups -OCH3 is 1. The fourth-order valence-corrected chi connectivity index (χ4v) is 5.47. The Morgan fingerprint density at radius 2 is 2.00 bits per heavy atom. The number of esters is 1. The van der Waals surface area contributed by atoms with E-state index in [1.54, 1.807) is 6.07 Å². The highest BCUT2D eigenvalue weighted by atomic mass is 32.1. The van der Waals surface area contributed by atoms with E-state index in [2.05, 4.69) is 46.9 Å². The lowest BCUT2D eigenvalue weighted by Crippen LogP contribution is -2.42. The molecule has 1 fully saturated rings. The molecular weight excluding hydrogens is 388 g/mol. The molecule has 0 bridgehead atoms. The molecule has 1 aliphatic carbocycles. The monoisotopic (exact) mass is 424 g/mol. The first-order valence-corrected chi connectivity index (χ1v) is 13.9. The van der Waals surface area contributed by atoms with Crippen LogP contribution in [0.3, 0.4) is 0 Å². The van der Waals surface area contributed by atoms with Crippen LogP contribution in [0.4, 0.5) is 0 Å². The van der Waals surface area contributed by atoms with E-state index in [0.29, 0.717) is 16.7 Å². The number of hydrogen-bond donors (Lipinski definition) is 1. The zero-order chi connectivity index (χ0) is 21.1. The number of allylic oxidation sites excluding steroid dienone is 1. The maximum atomic E-state index is 11.6. The van der Waals surface area contributed by atoms with Gasteiger partial charge in [-0.15, -0.1) is 11.3 Å². The lowest BCUT2D eigenvalue weighted by molar-refractivity contribution is 0.0606. The molecule has 1 aromatic rings. The van der Waals surface area contributed by atoms with Gasteiger partial charge in [-0.3, -0.25) is 0 Å². The molecule has 1 heterocycles. The number of aliphatic hydroxyl groups is 1. The topological polar surface area (TPSA) is 55.8 Å². The van der Waals surface area contributed by atoms with Crippen LogP contribution < -0.4 is 0 Å². The Balaban J connectivity index is 2.00. The van der Waals surface area contributed by atoms with E-state index in [9.17, 15) is 9.90 Å². The number of carbonyl (C=O) groups is 1. The molecule has 0 saturated heterocycles. The molecule has 0 amide bonds. The lowest BCUT2D eigenvalue weighted by Gasteiger charge is -2.38. The van der Waals surface area contributed by atoms with Gasteiger partial charge in [-0.2, -0.15) is 0 Å². The van der Waals surface area contributed by atoms with Gasteiger partial charge < -0.3 is 14.3 Å². The SMILES string of the molecule is COC(=O)c1ccc(/C=C/C[C@@H]2[C@@H](CO[Si](C)(C)C(C)(C)C)[C@H](C)C[C@@H]2O)s1. The van der Waals surface area contributed by atoms with Gasteiger partial charge in [0.2, 0.25) is 0 Å². The van der Waals surface area contributed by atoms with Gasteiger partial charge in [0.1, 0.15) is 4.88 Å². The minimum Gasteiger partial charge on any atom is -0.465 e. The highest BCUT2D eigenvalue weighted by Crippen LogP contribution is 2.42. The van der Waals surface area contributed by atoms with Crippen LogP contribution in [0.15, 0.2) is 18.2 Å². The average molecular weight is 425 g/mol. The quantitative estimate of drug-likeness (QED) is 0.458. The summed E-state index contributed by atoms with van der Waals surface area (Å²) in [7, 11) is -0.396. The smallest absolute Gasteiger partial charge is 0.348 e. The molecule has 1 aromatic heterocycles. The number of rotatable bonds is 7. The average Bonchev–Trinajstić information content (AvgIpc) is 3.16. The van der Waals surface area contributed by atoms with Crippen molar-refractivity contribution < 1.29 is 19.1 Å². The van der Waals surface area contributed by atoms with Gasteiger partial charge in [0.25, 0.3) is 0 Å². The van der Waals surface area contributed by atoms with Crippen LogP contribution in [0.2, 0.25) is 18.1 Å². The van der Waals surface area contributed by atoms with Crippen molar-refractivity contribution >= 4 is 31.7 Å². The van der Waals surface area contributed by atoms with E-state index in [-0.39, 0.29) is 23.0 Å². The maximum absolute atomic E-state index is 11.6. The first-order valence-electron chi connectivity index (χ1n) is 10.1. The summed E-state index contributed by atoms with van der Waals surface area (Å²) in [5.74, 6) is 0.761. The third-order valence-electron chi connectivity index (χ3n) is 6.53. The molecule has 6 heteroatoms. The van der Waals surface area contributed by atoms with Crippen LogP contribution in [0.25, 0.3) is 6.08 Å². The van der Waals surface area contributed by atoms with Crippen molar-refractivity contribution in [3.63, 3.8) is 0 Å². The molecule has 0 radical (unpaired) electrons. The van der Waals surface area contributed by atoms with Crippen LogP contribution in [0, 0.1) is 17.8 Å². The first-order chi connectivity index (χ1) is 13.0. The molecule has 4 atom stereocenters. The van der Waals surface area contributed by atoms with Crippen molar-refractivity contribution in [1.82, 2.24) is 0 Å². The minimum absolute atomic E-state index is 0.194. The van der Waals surface area contributed by atoms with E-state index in [1.807, 2.05) is 12.1 Å². The Morgan fingerprint density at radius 3 is 2.61 bits per heavy atom. The number of aliphatic hydroxyl groups excluding tert-OH is 1. The first kappa shape index (κ1) is 23.3. The summed E-state index contributed by atoms with van der Waals surface area (Å²) in [5.41, 5.74) is 0. The summed E-state index contributed by atoms with van der Waals surface area (Å²) in [5, 5.41) is 10.8. The van der Waals surface area contributed by atoms with Gasteiger partial charge >= 0.3 is 5.97 Å². The number of ether oxygens (including phenoxy) is 1. The molecule has 2 rings (SSSR count). The number of thiophene rings is 1. The summed E-state index contributed by atoms with van der Waals surface area (Å²) < 4.78 is 11.2. The second kappa shape index (κ2) is 9.24. The highest BCUT2D eigenvalue weighted by Gasteiger charge is 2.43. The van der Waals surface area contributed by atoms with Crippen LogP contribution in [0.5, 0.6) is 0 Å². The van der Waals surface area contributed by atoms with E-state index in [0.717, 1.165) is 24.3 Å². The maximum Gasteiger partial charge on any atom is 0.348 e. The Kier molecular flexibility index (Phi) is 7.70. The van der Waals surface area contributed by atoms with Crippen LogP contribution in [0.1, 0.15) is 55.1 Å². The van der Waals surface area contributed by atoms with Crippen molar-refractivity contribution in [2.24, 2.45) is 17.8 Å². The van der Waals surface area contributed by atoms with Gasteiger partial charge in [-0.1, -0.05) is 33.8 Å². The molecule has 0 aromatic carbocycles. The van der Waals surface area contributed by atoms with E-state index in [4.69, 9.17) is 9.16 Å². The molecule has 1 saturated carbocycles. The summed E-state index contributed by atoms with van der Waals surface area (Å²) >= 11 is 1.42. The predicted octanol–water partition coefficient (Wildman–Crippen LogP) is 5.59. The van der Waals surface area contributed by atoms with Gasteiger partial charge in [0, 0.05) is 11.5 Å². The standard InChI is InChI=1S/C22H36O4SSi/c1-15-13-19(23)17(18(15)14-26-28(6,7)22(2,3)4)10-8-9-16-11-12-20(27-16)21(24)25-5/h8-9,11-12,15,17-19,23H,10,13-14H2,1-7H3/b9-8+/t15-,17-,18+,19+/m1/s1. The lowest BCUT2D eigenvalue weighted by atomic mass is 9.88. The van der Waals surface area contributed by atoms with E-state index < -0.39 is 8.32 Å². The summed E-state index contributed by atoms with van der Waals surface area (Å²) in [6.07, 6.45) is 5.55. The van der Waals surface area contributed by atoms with Crippen molar-refractivity contribution in [1.29, 1.82) is 0 Å². The van der Waals surface area contributed by atoms with Crippen molar-refractivity contribution in [2.75, 3.05) is 13.7 Å². The molecule has 4 nitrogen and oxygen atoms in total. The molecule has 28 heavy (non-hydrogen) atoms. The highest BCUT2D eigenvalue weighted by molar-refractivity contribution is 7.14. The zero-order valence-electron chi connectivity index (χ0n) is 18.3. The Morgan fingerprint density at radius 1 is 1.32 bits per heavy atom. The molecule has 158 valence electrons. The van der Waals surface area contributed by atoms with Crippen molar-refractivity contribution in [3.8, 4) is 0 Å². The zero-order valence-corrected chi connectivity index (χ0v) is 20.1. The largest absolute Gasteiger partial charge is 0.465 e. The normalized spacial score (nSPS) is 26.1. The Labute approximate surface area is 175 Å². The third kappa shape index (κ3) is 5.56. The van der Waals surface area contributed by atoms with Crippen molar-refractivity contribution in [2.45, 2.75) is 64.8 Å². The molecule has 0 aliphatic heterocycles. The van der Waals surface area contributed by atoms with Gasteiger partial charge in [-0.25, -0.2) is 4.79 Å². The van der Waals surface area contributed by atoms with Gasteiger partial charge in [-0.05, 0) is 66.9 Å². The fourth-order valence-electron chi connectivity index (χ4n) is 3.57. The fraction of sp³-hybridized carbons (Fsp3) is 0.682. The molecule has 0 spiro atoms. The predicted molar refractivity (Wildman–Crippen MR) is 119 cm³/mol. The van der Waals surface area contributed by atoms with E-state index in [1.165, 1.54) is 18.4 Å². The van der Waals surface area contributed by atoms with E-state index >= 15 is 0 Å². The molecule has 0 unspecified atom stereocenters. The van der Waals surface area contributed by atoms with Crippen LogP contribution in [-0.4, -0.2) is 39.2 Å². The molecular formula is C22H36O4SSi. The van der Waals surface area contributed by atoms with Gasteiger partial charge in [0.15, 0.2) is 8.32 Å². The van der Waals surface area contributed by atoms with Gasteiger partial charge in [0.05, 0.1) is 13.2 Å². The van der Waals surface area contributed by atoms with Crippen LogP contribution in [-0.2, 0) is 9.16 Å². The van der Waals surface area contributed by atoms with Crippen LogP contribution >= 0.6 is 11.3 Å². The summed E-state index contributed by atoms with van der Waals surface area (Å²) in [4.78, 5) is 13.2. The Bertz CT molecular complexity index is 689. The van der Waals surface area contributed by atoms with Crippen molar-refractivity contribution in [3.05, 3.63) is 28.0 Å². The summed E-state index contributed by atoms with van der Waals surface area (Å²) in [6, 6.07) is 3.72. The number of carbonyl (C=O) groups excluding carboxylic acids is 1. The Hall–Kier alpha value is -0.953. The molecule has 1 N–H and O–H groups in total. The summed E-state index contributed by atoms with van der Waals surface area (Å²) in [6.45, 7) is 14.3. The molecule has 1 aliphatic rings. The number of hydrogen-bond acceptors (Lipinski definition) is 5. The third-order valence-corrected chi connectivity index (χ3v) is 12.1. The second-order valence-corrected chi connectivity index (χ2v) is 15.4. The minimum atomic E-state index is -1.79. The second-order valence-electron chi connectivity index (χ2n) is 9.51.